The Balaban J connectivity index is 1.55. The van der Waals surface area contributed by atoms with E-state index in [1.165, 1.54) is 26.2 Å². The topological polar surface area (TPSA) is 103 Å². The monoisotopic (exact) mass is 359 g/mol. The molecule has 0 radical (unpaired) electrons. The summed E-state index contributed by atoms with van der Waals surface area (Å²) in [7, 11) is 0. The zero-order valence-electron chi connectivity index (χ0n) is 15.5. The van der Waals surface area contributed by atoms with Crippen LogP contribution in [-0.2, 0) is 17.9 Å². The Kier molecular flexibility index (Phi) is 5.49. The predicted octanol–water partition coefficient (Wildman–Crippen LogP) is 2.45. The van der Waals surface area contributed by atoms with Gasteiger partial charge in [-0.2, -0.15) is 10.1 Å². The summed E-state index contributed by atoms with van der Waals surface area (Å²) in [5.74, 6) is 1.27. The highest BCUT2D eigenvalue weighted by atomic mass is 16.5. The number of ketones is 1. The van der Waals surface area contributed by atoms with E-state index in [1.54, 1.807) is 18.5 Å². The van der Waals surface area contributed by atoms with E-state index in [2.05, 4.69) is 20.6 Å². The molecule has 1 saturated carbocycles. The molecule has 0 aromatic carbocycles. The number of Topliss-reactive ketones (excluding diaryl/α,β-unsaturated/α-hetero) is 1. The maximum atomic E-state index is 12.2. The Bertz CT molecular complexity index is 802. The van der Waals surface area contributed by atoms with Gasteiger partial charge in [0.15, 0.2) is 11.6 Å². The number of carbonyl (C=O) groups is 2. The summed E-state index contributed by atoms with van der Waals surface area (Å²) < 4.78 is 6.80. The van der Waals surface area contributed by atoms with Gasteiger partial charge in [-0.25, -0.2) is 0 Å². The van der Waals surface area contributed by atoms with Crippen molar-refractivity contribution in [1.82, 2.24) is 25.2 Å². The summed E-state index contributed by atoms with van der Waals surface area (Å²) >= 11 is 0. The van der Waals surface area contributed by atoms with Gasteiger partial charge in [-0.3, -0.25) is 14.3 Å². The molecule has 0 bridgehead atoms. The molecule has 0 atom stereocenters. The second kappa shape index (κ2) is 7.80. The van der Waals surface area contributed by atoms with Crippen LogP contribution in [-0.4, -0.2) is 31.6 Å². The van der Waals surface area contributed by atoms with Gasteiger partial charge in [-0.15, -0.1) is 0 Å². The average molecular weight is 359 g/mol. The van der Waals surface area contributed by atoms with Crippen molar-refractivity contribution in [1.29, 1.82) is 0 Å². The molecule has 26 heavy (non-hydrogen) atoms. The third-order valence-corrected chi connectivity index (χ3v) is 4.92. The minimum absolute atomic E-state index is 0.0452. The lowest BCUT2D eigenvalue weighted by Crippen LogP contribution is -2.28. The fraction of sp³-hybridized carbons (Fsp3) is 0.611. The van der Waals surface area contributed by atoms with E-state index >= 15 is 0 Å². The third kappa shape index (κ3) is 4.00. The summed E-state index contributed by atoms with van der Waals surface area (Å²) in [6.07, 6.45) is 5.88. The van der Waals surface area contributed by atoms with Crippen LogP contribution in [0.4, 0.5) is 0 Å². The smallest absolute Gasteiger partial charge is 0.246 e. The largest absolute Gasteiger partial charge is 0.345 e. The molecule has 0 aliphatic heterocycles. The molecule has 1 amide bonds. The molecule has 2 heterocycles. The fourth-order valence-electron chi connectivity index (χ4n) is 3.59. The maximum absolute atomic E-state index is 12.2. The number of carbonyl (C=O) groups excluding carboxylic acids is 2. The lowest BCUT2D eigenvalue weighted by atomic mass is 9.89. The molecule has 8 nitrogen and oxygen atoms in total. The number of rotatable bonds is 6. The summed E-state index contributed by atoms with van der Waals surface area (Å²) in [6.45, 7) is 5.30. The number of aryl methyl sites for hydroxylation is 1. The van der Waals surface area contributed by atoms with E-state index in [0.717, 1.165) is 18.7 Å². The highest BCUT2D eigenvalue weighted by Crippen LogP contribution is 2.30. The highest BCUT2D eigenvalue weighted by Gasteiger charge is 2.21. The minimum atomic E-state index is -0.219. The Morgan fingerprint density at radius 2 is 1.96 bits per heavy atom. The Morgan fingerprint density at radius 1 is 1.23 bits per heavy atom. The van der Waals surface area contributed by atoms with Crippen LogP contribution < -0.4 is 5.32 Å². The molecule has 140 valence electrons. The van der Waals surface area contributed by atoms with E-state index in [0.29, 0.717) is 28.8 Å². The number of nitrogens with zero attached hydrogens (tertiary/aromatic N) is 4. The number of hydrogen-bond acceptors (Lipinski definition) is 6. The Labute approximate surface area is 152 Å². The summed E-state index contributed by atoms with van der Waals surface area (Å²) in [6, 6.07) is 0. The zero-order chi connectivity index (χ0) is 18.7. The normalized spacial score (nSPS) is 15.2. The standard InChI is InChI=1S/C18H25N5O3/c1-11-17(13(3)24)12(2)23(21-11)10-15(25)19-9-16-20-18(22-26-16)14-7-5-4-6-8-14/h14H,4-10H2,1-3H3,(H,19,25). The fourth-order valence-corrected chi connectivity index (χ4v) is 3.59. The Morgan fingerprint density at radius 3 is 2.62 bits per heavy atom. The van der Waals surface area contributed by atoms with Gasteiger partial charge in [0, 0.05) is 11.6 Å². The van der Waals surface area contributed by atoms with Crippen LogP contribution in [0, 0.1) is 13.8 Å². The lowest BCUT2D eigenvalue weighted by molar-refractivity contribution is -0.122. The molecule has 3 rings (SSSR count). The lowest BCUT2D eigenvalue weighted by Gasteiger charge is -2.17. The first-order valence-corrected chi connectivity index (χ1v) is 9.10. The van der Waals surface area contributed by atoms with Crippen LogP contribution in [0.25, 0.3) is 0 Å². The van der Waals surface area contributed by atoms with Crippen LogP contribution in [0.2, 0.25) is 0 Å². The van der Waals surface area contributed by atoms with Gasteiger partial charge < -0.3 is 9.84 Å². The number of amides is 1. The quantitative estimate of drug-likeness (QED) is 0.795. The number of hydrogen-bond donors (Lipinski definition) is 1. The van der Waals surface area contributed by atoms with E-state index in [1.807, 2.05) is 0 Å². The van der Waals surface area contributed by atoms with Gasteiger partial charge in [0.25, 0.3) is 0 Å². The molecule has 1 aliphatic rings. The van der Waals surface area contributed by atoms with E-state index in [4.69, 9.17) is 4.52 Å². The van der Waals surface area contributed by atoms with Gasteiger partial charge in [0.2, 0.25) is 11.8 Å². The molecular weight excluding hydrogens is 334 g/mol. The molecule has 1 N–H and O–H groups in total. The van der Waals surface area contributed by atoms with Crippen molar-refractivity contribution in [3.8, 4) is 0 Å². The van der Waals surface area contributed by atoms with Crippen LogP contribution in [0.1, 0.15) is 78.4 Å². The van der Waals surface area contributed by atoms with Crippen molar-refractivity contribution in [3.05, 3.63) is 28.7 Å². The molecule has 0 spiro atoms. The molecule has 2 aromatic rings. The van der Waals surface area contributed by atoms with Crippen molar-refractivity contribution in [3.63, 3.8) is 0 Å². The molecule has 0 unspecified atom stereocenters. The maximum Gasteiger partial charge on any atom is 0.246 e. The van der Waals surface area contributed by atoms with Crippen molar-refractivity contribution in [2.75, 3.05) is 0 Å². The van der Waals surface area contributed by atoms with Crippen LogP contribution in [0.3, 0.4) is 0 Å². The zero-order valence-corrected chi connectivity index (χ0v) is 15.5. The van der Waals surface area contributed by atoms with Crippen molar-refractivity contribution in [2.24, 2.45) is 0 Å². The average Bonchev–Trinajstić information content (AvgIpc) is 3.19. The Hall–Kier alpha value is -2.51. The van der Waals surface area contributed by atoms with Crippen molar-refractivity contribution < 1.29 is 14.1 Å². The first-order chi connectivity index (χ1) is 12.5. The number of nitrogens with one attached hydrogen (secondary N) is 1. The molecule has 2 aromatic heterocycles. The molecular formula is C18H25N5O3. The van der Waals surface area contributed by atoms with Crippen molar-refractivity contribution >= 4 is 11.7 Å². The summed E-state index contributed by atoms with van der Waals surface area (Å²) in [5, 5.41) is 11.1. The molecule has 1 fully saturated rings. The van der Waals surface area contributed by atoms with Crippen molar-refractivity contribution in [2.45, 2.75) is 71.9 Å². The molecule has 1 aliphatic carbocycles. The third-order valence-electron chi connectivity index (χ3n) is 4.92. The second-order valence-corrected chi connectivity index (χ2v) is 6.92. The highest BCUT2D eigenvalue weighted by molar-refractivity contribution is 5.96. The first-order valence-electron chi connectivity index (χ1n) is 9.10. The van der Waals surface area contributed by atoms with Gasteiger partial charge in [-0.05, 0) is 33.6 Å². The second-order valence-electron chi connectivity index (χ2n) is 6.92. The van der Waals surface area contributed by atoms with Crippen LogP contribution >= 0.6 is 0 Å². The minimum Gasteiger partial charge on any atom is -0.345 e. The van der Waals surface area contributed by atoms with E-state index in [9.17, 15) is 9.59 Å². The van der Waals surface area contributed by atoms with Gasteiger partial charge in [0.05, 0.1) is 17.8 Å². The van der Waals surface area contributed by atoms with Gasteiger partial charge >= 0.3 is 0 Å². The van der Waals surface area contributed by atoms with Crippen LogP contribution in [0.15, 0.2) is 4.52 Å². The predicted molar refractivity (Wildman–Crippen MR) is 93.7 cm³/mol. The van der Waals surface area contributed by atoms with E-state index < -0.39 is 0 Å². The van der Waals surface area contributed by atoms with E-state index in [-0.39, 0.29) is 24.8 Å². The SMILES string of the molecule is CC(=O)c1c(C)nn(CC(=O)NCc2nc(C3CCCCC3)no2)c1C. The van der Waals surface area contributed by atoms with Gasteiger partial charge in [-0.1, -0.05) is 24.4 Å². The molecule has 0 saturated heterocycles. The summed E-state index contributed by atoms with van der Waals surface area (Å²) in [4.78, 5) is 28.3. The van der Waals surface area contributed by atoms with Gasteiger partial charge in [0.1, 0.15) is 6.54 Å². The number of aromatic nitrogens is 4. The van der Waals surface area contributed by atoms with Crippen LogP contribution in [0.5, 0.6) is 0 Å². The summed E-state index contributed by atoms with van der Waals surface area (Å²) in [5.41, 5.74) is 1.91. The molecule has 8 heteroatoms. The first kappa shape index (κ1) is 18.3.